The van der Waals surface area contributed by atoms with E-state index in [-0.39, 0.29) is 31.1 Å². The van der Waals surface area contributed by atoms with Gasteiger partial charge in [-0.05, 0) is 44.9 Å². The zero-order valence-corrected chi connectivity index (χ0v) is 45.5. The third-order valence-corrected chi connectivity index (χ3v) is 13.8. The summed E-state index contributed by atoms with van der Waals surface area (Å²) in [4.78, 5) is 38.1. The molecular formula is C61H116O6. The molecule has 0 aromatic carbocycles. The van der Waals surface area contributed by atoms with Crippen LogP contribution in [0.4, 0.5) is 0 Å². The number of hydrogen-bond acceptors (Lipinski definition) is 6. The van der Waals surface area contributed by atoms with E-state index in [9.17, 15) is 14.4 Å². The van der Waals surface area contributed by atoms with Gasteiger partial charge in [-0.2, -0.15) is 0 Å². The van der Waals surface area contributed by atoms with E-state index in [4.69, 9.17) is 14.2 Å². The van der Waals surface area contributed by atoms with Crippen molar-refractivity contribution in [2.24, 2.45) is 0 Å². The molecule has 6 heteroatoms. The van der Waals surface area contributed by atoms with Crippen LogP contribution in [0, 0.1) is 0 Å². The molecule has 67 heavy (non-hydrogen) atoms. The van der Waals surface area contributed by atoms with Gasteiger partial charge in [0.05, 0.1) is 0 Å². The van der Waals surface area contributed by atoms with E-state index in [2.05, 4.69) is 32.9 Å². The molecule has 0 aliphatic heterocycles. The van der Waals surface area contributed by atoms with Crippen LogP contribution in [0.1, 0.15) is 342 Å². The van der Waals surface area contributed by atoms with Gasteiger partial charge in [-0.3, -0.25) is 14.4 Å². The van der Waals surface area contributed by atoms with Crippen molar-refractivity contribution >= 4 is 17.9 Å². The minimum atomic E-state index is -0.765. The highest BCUT2D eigenvalue weighted by Gasteiger charge is 2.19. The number of unbranched alkanes of at least 4 members (excludes halogenated alkanes) is 43. The van der Waals surface area contributed by atoms with Gasteiger partial charge < -0.3 is 14.2 Å². The SMILES string of the molecule is CCCCCCCC/C=C\CCCCCCCCCCCC(=O)OC(COC(=O)CCCCCCCCCCCC)COC(=O)CCCCCCCCCCCCCCCCCCCCCC. The van der Waals surface area contributed by atoms with Crippen LogP contribution in [0.25, 0.3) is 0 Å². The summed E-state index contributed by atoms with van der Waals surface area (Å²) in [6.07, 6.45) is 65.0. The van der Waals surface area contributed by atoms with Gasteiger partial charge in [-0.25, -0.2) is 0 Å². The third-order valence-electron chi connectivity index (χ3n) is 13.8. The Morgan fingerprint density at radius 2 is 0.493 bits per heavy atom. The second-order valence-electron chi connectivity index (χ2n) is 20.6. The van der Waals surface area contributed by atoms with Gasteiger partial charge in [0.15, 0.2) is 6.10 Å². The van der Waals surface area contributed by atoms with Crippen molar-refractivity contribution in [3.8, 4) is 0 Å². The van der Waals surface area contributed by atoms with Gasteiger partial charge in [0.2, 0.25) is 0 Å². The molecule has 0 aromatic heterocycles. The summed E-state index contributed by atoms with van der Waals surface area (Å²) in [5.74, 6) is -0.843. The van der Waals surface area contributed by atoms with Gasteiger partial charge >= 0.3 is 17.9 Å². The largest absolute Gasteiger partial charge is 0.462 e. The van der Waals surface area contributed by atoms with Crippen LogP contribution in [-0.2, 0) is 28.6 Å². The fourth-order valence-electron chi connectivity index (χ4n) is 9.21. The molecule has 0 saturated carbocycles. The van der Waals surface area contributed by atoms with Crippen molar-refractivity contribution in [2.75, 3.05) is 13.2 Å². The van der Waals surface area contributed by atoms with E-state index in [0.29, 0.717) is 19.3 Å². The van der Waals surface area contributed by atoms with E-state index < -0.39 is 6.10 Å². The predicted octanol–water partition coefficient (Wildman–Crippen LogP) is 20.1. The Morgan fingerprint density at radius 3 is 0.746 bits per heavy atom. The highest BCUT2D eigenvalue weighted by molar-refractivity contribution is 5.71. The maximum Gasteiger partial charge on any atom is 0.306 e. The quantitative estimate of drug-likeness (QED) is 0.0262. The number of ether oxygens (including phenoxy) is 3. The molecule has 396 valence electrons. The molecule has 0 radical (unpaired) electrons. The van der Waals surface area contributed by atoms with Crippen LogP contribution in [0.2, 0.25) is 0 Å². The topological polar surface area (TPSA) is 78.9 Å². The Morgan fingerprint density at radius 1 is 0.284 bits per heavy atom. The molecule has 0 bridgehead atoms. The lowest BCUT2D eigenvalue weighted by Crippen LogP contribution is -2.30. The molecule has 0 rings (SSSR count). The van der Waals surface area contributed by atoms with Gasteiger partial charge in [-0.15, -0.1) is 0 Å². The van der Waals surface area contributed by atoms with Crippen molar-refractivity contribution in [1.29, 1.82) is 0 Å². The van der Waals surface area contributed by atoms with E-state index in [1.165, 1.54) is 244 Å². The average Bonchev–Trinajstić information content (AvgIpc) is 3.33. The van der Waals surface area contributed by atoms with E-state index in [1.807, 2.05) is 0 Å². The Bertz CT molecular complexity index is 1040. The van der Waals surface area contributed by atoms with Gasteiger partial charge in [0, 0.05) is 19.3 Å². The molecule has 0 fully saturated rings. The summed E-state index contributed by atoms with van der Waals surface area (Å²) < 4.78 is 16.9. The highest BCUT2D eigenvalue weighted by Crippen LogP contribution is 2.17. The van der Waals surface area contributed by atoms with Crippen molar-refractivity contribution in [1.82, 2.24) is 0 Å². The number of esters is 3. The lowest BCUT2D eigenvalue weighted by atomic mass is 10.0. The molecule has 0 spiro atoms. The normalized spacial score (nSPS) is 12.0. The van der Waals surface area contributed by atoms with E-state index in [1.54, 1.807) is 0 Å². The molecule has 0 aliphatic rings. The second kappa shape index (κ2) is 56.7. The van der Waals surface area contributed by atoms with E-state index >= 15 is 0 Å². The van der Waals surface area contributed by atoms with Crippen LogP contribution < -0.4 is 0 Å². The Balaban J connectivity index is 4.22. The van der Waals surface area contributed by atoms with Crippen LogP contribution in [0.15, 0.2) is 12.2 Å². The number of rotatable bonds is 56. The van der Waals surface area contributed by atoms with Gasteiger partial charge in [-0.1, -0.05) is 290 Å². The van der Waals surface area contributed by atoms with Crippen LogP contribution in [0.3, 0.4) is 0 Å². The first-order valence-corrected chi connectivity index (χ1v) is 30.2. The number of carbonyl (C=O) groups excluding carboxylic acids is 3. The van der Waals surface area contributed by atoms with Crippen molar-refractivity contribution in [2.45, 2.75) is 348 Å². The molecular weight excluding hydrogens is 829 g/mol. The molecule has 0 saturated heterocycles. The monoisotopic (exact) mass is 945 g/mol. The number of allylic oxidation sites excluding steroid dienone is 2. The highest BCUT2D eigenvalue weighted by atomic mass is 16.6. The minimum Gasteiger partial charge on any atom is -0.462 e. The van der Waals surface area contributed by atoms with Crippen molar-refractivity contribution in [3.05, 3.63) is 12.2 Å². The number of carbonyl (C=O) groups is 3. The lowest BCUT2D eigenvalue weighted by molar-refractivity contribution is -0.167. The first-order valence-electron chi connectivity index (χ1n) is 30.2. The first-order chi connectivity index (χ1) is 33.0. The Labute approximate surface area is 418 Å². The summed E-state index contributed by atoms with van der Waals surface area (Å²) in [7, 11) is 0. The number of hydrogen-bond donors (Lipinski definition) is 0. The van der Waals surface area contributed by atoms with Gasteiger partial charge in [0.1, 0.15) is 13.2 Å². The summed E-state index contributed by atoms with van der Waals surface area (Å²) in [6, 6.07) is 0. The summed E-state index contributed by atoms with van der Waals surface area (Å²) >= 11 is 0. The molecule has 0 aromatic rings. The molecule has 6 nitrogen and oxygen atoms in total. The minimum absolute atomic E-state index is 0.0647. The maximum absolute atomic E-state index is 12.9. The average molecular weight is 946 g/mol. The van der Waals surface area contributed by atoms with E-state index in [0.717, 1.165) is 57.8 Å². The van der Waals surface area contributed by atoms with Crippen LogP contribution in [0.5, 0.6) is 0 Å². The van der Waals surface area contributed by atoms with Crippen molar-refractivity contribution < 1.29 is 28.6 Å². The van der Waals surface area contributed by atoms with Gasteiger partial charge in [0.25, 0.3) is 0 Å². The summed E-state index contributed by atoms with van der Waals surface area (Å²) in [5.41, 5.74) is 0. The van der Waals surface area contributed by atoms with Crippen molar-refractivity contribution in [3.63, 3.8) is 0 Å². The van der Waals surface area contributed by atoms with Crippen LogP contribution in [-0.4, -0.2) is 37.2 Å². The fraction of sp³-hybridized carbons (Fsp3) is 0.918. The fourth-order valence-corrected chi connectivity index (χ4v) is 9.21. The second-order valence-corrected chi connectivity index (χ2v) is 20.6. The molecule has 0 N–H and O–H groups in total. The molecule has 0 heterocycles. The summed E-state index contributed by atoms with van der Waals surface area (Å²) in [6.45, 7) is 6.68. The summed E-state index contributed by atoms with van der Waals surface area (Å²) in [5, 5.41) is 0. The molecule has 0 amide bonds. The Kier molecular flexibility index (Phi) is 55.2. The standard InChI is InChI=1S/C61H116O6/c1-4-7-10-13-16-19-22-24-26-28-30-32-33-35-37-39-42-45-48-51-54-60(63)66-57-58(56-65-59(62)53-50-47-44-41-21-18-15-12-9-6-3)67-61(64)55-52-49-46-43-40-38-36-34-31-29-27-25-23-20-17-14-11-8-5-2/h25,27,58H,4-24,26,28-57H2,1-3H3/b27-25-. The lowest BCUT2D eigenvalue weighted by Gasteiger charge is -2.18. The smallest absolute Gasteiger partial charge is 0.306 e. The molecule has 1 atom stereocenters. The zero-order valence-electron chi connectivity index (χ0n) is 45.5. The zero-order chi connectivity index (χ0) is 48.6. The Hall–Kier alpha value is -1.85. The third kappa shape index (κ3) is 55.0. The molecule has 0 aliphatic carbocycles. The maximum atomic E-state index is 12.9. The predicted molar refractivity (Wildman–Crippen MR) is 289 cm³/mol. The first kappa shape index (κ1) is 65.1. The van der Waals surface area contributed by atoms with Crippen LogP contribution >= 0.6 is 0 Å². The molecule has 1 unspecified atom stereocenters.